The van der Waals surface area contributed by atoms with Gasteiger partial charge in [0, 0.05) is 12.8 Å². The number of phosphoric acid groups is 2. The van der Waals surface area contributed by atoms with Crippen molar-refractivity contribution >= 4 is 27.6 Å². The van der Waals surface area contributed by atoms with Gasteiger partial charge in [0.25, 0.3) is 0 Å². The third kappa shape index (κ3) is 41.2. The number of aliphatic hydroxyl groups is 2. The average molecular weight is 881 g/mol. The van der Waals surface area contributed by atoms with Crippen molar-refractivity contribution in [1.29, 1.82) is 0 Å². The molecule has 0 heterocycles. The topological polar surface area (TPSA) is 216 Å². The average Bonchev–Trinajstić information content (AvgIpc) is 3.18. The number of rotatable bonds is 40. The van der Waals surface area contributed by atoms with E-state index in [4.69, 9.17) is 23.8 Å². The Hall–Kier alpha value is -1.96. The minimum atomic E-state index is -4.87. The standard InChI is InChI=1S/C43H78O14P2/c1-4-29-39(44)31-26-22-18-14-9-7-6-8-10-15-19-23-27-32-42(46)53-36-41(37-56-59(51,52)55-35-40(45)34-54-58(48,49)50)57-43(47)33-28-24-20-16-12-11-13-17-21-25-30-38(3)5-2/h6,8-9,14-15,19,22,26,38-41,44-45H,4-5,7,10-13,16-18,20-21,23-25,27-37H2,1-3H3,(H,51,52)(H2,48,49,50)/b8-6-,14-9-,19-15-,26-22-/t38?,39?,40-,41+/m0/s1. The highest BCUT2D eigenvalue weighted by molar-refractivity contribution is 7.47. The molecule has 0 fully saturated rings. The molecule has 344 valence electrons. The summed E-state index contributed by atoms with van der Waals surface area (Å²) in [6, 6.07) is 0. The molecular formula is C43H78O14P2. The number of carbonyl (C=O) groups is 2. The molecule has 0 amide bonds. The van der Waals surface area contributed by atoms with Crippen LogP contribution in [0.3, 0.4) is 0 Å². The Morgan fingerprint density at radius 3 is 1.66 bits per heavy atom. The molecule has 0 rings (SSSR count). The van der Waals surface area contributed by atoms with Gasteiger partial charge in [-0.15, -0.1) is 0 Å². The van der Waals surface area contributed by atoms with Crippen LogP contribution in [0.1, 0.15) is 162 Å². The maximum atomic E-state index is 12.7. The monoisotopic (exact) mass is 880 g/mol. The second-order valence-electron chi connectivity index (χ2n) is 15.0. The highest BCUT2D eigenvalue weighted by Crippen LogP contribution is 2.43. The summed E-state index contributed by atoms with van der Waals surface area (Å²) in [6.07, 6.45) is 33.2. The van der Waals surface area contributed by atoms with Gasteiger partial charge in [-0.1, -0.05) is 146 Å². The molecule has 0 spiro atoms. The van der Waals surface area contributed by atoms with E-state index in [0.717, 1.165) is 63.7 Å². The number of esters is 2. The quantitative estimate of drug-likeness (QED) is 0.0168. The summed E-state index contributed by atoms with van der Waals surface area (Å²) in [7, 11) is -9.70. The van der Waals surface area contributed by atoms with E-state index >= 15 is 0 Å². The Morgan fingerprint density at radius 2 is 1.08 bits per heavy atom. The van der Waals surface area contributed by atoms with Crippen molar-refractivity contribution in [2.45, 2.75) is 180 Å². The smallest absolute Gasteiger partial charge is 0.462 e. The van der Waals surface area contributed by atoms with Crippen molar-refractivity contribution in [3.8, 4) is 0 Å². The Kier molecular flexibility index (Phi) is 36.5. The molecule has 0 saturated heterocycles. The van der Waals surface area contributed by atoms with E-state index in [1.54, 1.807) is 0 Å². The second-order valence-corrected chi connectivity index (χ2v) is 17.7. The molecule has 0 saturated carbocycles. The Balaban J connectivity index is 4.63. The lowest BCUT2D eigenvalue weighted by Crippen LogP contribution is -2.30. The van der Waals surface area contributed by atoms with Crippen LogP contribution in [-0.4, -0.2) is 81.6 Å². The molecule has 0 aliphatic heterocycles. The van der Waals surface area contributed by atoms with Gasteiger partial charge in [0.15, 0.2) is 6.10 Å². The lowest BCUT2D eigenvalue weighted by molar-refractivity contribution is -0.161. The SMILES string of the molecule is CCCC(O)C/C=C\C/C=C\C/C=C\C/C=C\CCCC(=O)OC[C@H](COP(=O)(O)OC[C@@H](O)COP(=O)(O)O)OC(=O)CCCCCCCCCCCCC(C)CC. The van der Waals surface area contributed by atoms with Crippen molar-refractivity contribution < 1.29 is 66.7 Å². The number of allylic oxidation sites excluding steroid dienone is 7. The van der Waals surface area contributed by atoms with Crippen LogP contribution in [0.4, 0.5) is 0 Å². The minimum Gasteiger partial charge on any atom is -0.462 e. The van der Waals surface area contributed by atoms with E-state index in [0.29, 0.717) is 25.7 Å². The fourth-order valence-corrected chi connectivity index (χ4v) is 6.78. The fraction of sp³-hybridized carbons (Fsp3) is 0.767. The van der Waals surface area contributed by atoms with Crippen LogP contribution in [0.25, 0.3) is 0 Å². The summed E-state index contributed by atoms with van der Waals surface area (Å²) >= 11 is 0. The lowest BCUT2D eigenvalue weighted by Gasteiger charge is -2.20. The Morgan fingerprint density at radius 1 is 0.576 bits per heavy atom. The van der Waals surface area contributed by atoms with Crippen LogP contribution >= 0.6 is 15.6 Å². The van der Waals surface area contributed by atoms with Gasteiger partial charge in [-0.25, -0.2) is 9.13 Å². The minimum absolute atomic E-state index is 0.104. The molecule has 3 unspecified atom stereocenters. The molecular weight excluding hydrogens is 802 g/mol. The van der Waals surface area contributed by atoms with E-state index in [2.05, 4.69) is 60.2 Å². The van der Waals surface area contributed by atoms with Gasteiger partial charge in [0.2, 0.25) is 0 Å². The first-order valence-corrected chi connectivity index (χ1v) is 24.8. The van der Waals surface area contributed by atoms with Gasteiger partial charge in [-0.2, -0.15) is 0 Å². The van der Waals surface area contributed by atoms with E-state index in [-0.39, 0.29) is 18.9 Å². The molecule has 0 radical (unpaired) electrons. The van der Waals surface area contributed by atoms with E-state index in [1.165, 1.54) is 44.9 Å². The fourth-order valence-electron chi connectivity index (χ4n) is 5.63. The number of phosphoric ester groups is 2. The number of hydrogen-bond acceptors (Lipinski definition) is 11. The van der Waals surface area contributed by atoms with E-state index < -0.39 is 66.2 Å². The summed E-state index contributed by atoms with van der Waals surface area (Å²) in [5.41, 5.74) is 0. The van der Waals surface area contributed by atoms with Crippen LogP contribution < -0.4 is 0 Å². The van der Waals surface area contributed by atoms with E-state index in [9.17, 15) is 33.8 Å². The van der Waals surface area contributed by atoms with Crippen LogP contribution in [0, 0.1) is 5.92 Å². The predicted octanol–water partition coefficient (Wildman–Crippen LogP) is 9.89. The maximum Gasteiger partial charge on any atom is 0.472 e. The number of ether oxygens (including phenoxy) is 2. The van der Waals surface area contributed by atoms with Crippen molar-refractivity contribution in [2.24, 2.45) is 5.92 Å². The Labute approximate surface area is 354 Å². The third-order valence-electron chi connectivity index (χ3n) is 9.31. The Bertz CT molecular complexity index is 1260. The summed E-state index contributed by atoms with van der Waals surface area (Å²) in [5, 5.41) is 19.5. The highest BCUT2D eigenvalue weighted by atomic mass is 31.2. The maximum absolute atomic E-state index is 12.7. The van der Waals surface area contributed by atoms with Gasteiger partial charge in [0.1, 0.15) is 12.7 Å². The zero-order valence-corrected chi connectivity index (χ0v) is 37.9. The van der Waals surface area contributed by atoms with Crippen molar-refractivity contribution in [3.63, 3.8) is 0 Å². The zero-order chi connectivity index (χ0) is 44.0. The van der Waals surface area contributed by atoms with Crippen molar-refractivity contribution in [2.75, 3.05) is 26.4 Å². The van der Waals surface area contributed by atoms with Crippen molar-refractivity contribution in [1.82, 2.24) is 0 Å². The molecule has 0 aromatic heterocycles. The number of carbonyl (C=O) groups excluding carboxylic acids is 2. The molecule has 14 nitrogen and oxygen atoms in total. The molecule has 59 heavy (non-hydrogen) atoms. The van der Waals surface area contributed by atoms with Gasteiger partial charge in [-0.05, 0) is 57.3 Å². The van der Waals surface area contributed by atoms with Crippen LogP contribution in [0.15, 0.2) is 48.6 Å². The number of hydrogen-bond donors (Lipinski definition) is 5. The summed E-state index contributed by atoms with van der Waals surface area (Å²) in [6.45, 7) is 3.81. The number of unbranched alkanes of at least 4 members (excludes halogenated alkanes) is 10. The molecule has 5 atom stereocenters. The first kappa shape index (κ1) is 57.0. The number of aliphatic hydroxyl groups excluding tert-OH is 2. The lowest BCUT2D eigenvalue weighted by atomic mass is 9.99. The highest BCUT2D eigenvalue weighted by Gasteiger charge is 2.28. The molecule has 0 aromatic rings. The second kappa shape index (κ2) is 37.8. The predicted molar refractivity (Wildman–Crippen MR) is 231 cm³/mol. The first-order chi connectivity index (χ1) is 28.2. The largest absolute Gasteiger partial charge is 0.472 e. The summed E-state index contributed by atoms with van der Waals surface area (Å²) in [4.78, 5) is 52.6. The molecule has 0 bridgehead atoms. The van der Waals surface area contributed by atoms with Crippen LogP contribution in [-0.2, 0) is 41.8 Å². The summed E-state index contributed by atoms with van der Waals surface area (Å²) < 4.78 is 47.7. The summed E-state index contributed by atoms with van der Waals surface area (Å²) in [5.74, 6) is -0.305. The molecule has 0 aromatic carbocycles. The molecule has 16 heteroatoms. The molecule has 0 aliphatic carbocycles. The van der Waals surface area contributed by atoms with Crippen LogP contribution in [0.5, 0.6) is 0 Å². The molecule has 0 aliphatic rings. The zero-order valence-electron chi connectivity index (χ0n) is 36.1. The van der Waals surface area contributed by atoms with Crippen LogP contribution in [0.2, 0.25) is 0 Å². The van der Waals surface area contributed by atoms with Gasteiger partial charge >= 0.3 is 27.6 Å². The normalized spacial score (nSPS) is 15.6. The van der Waals surface area contributed by atoms with Gasteiger partial charge in [0.05, 0.1) is 25.9 Å². The van der Waals surface area contributed by atoms with Gasteiger partial charge in [-0.3, -0.25) is 23.2 Å². The third-order valence-corrected chi connectivity index (χ3v) is 10.7. The van der Waals surface area contributed by atoms with Gasteiger partial charge < -0.3 is 34.4 Å². The molecule has 5 N–H and O–H groups in total. The van der Waals surface area contributed by atoms with E-state index in [1.807, 2.05) is 18.2 Å². The first-order valence-electron chi connectivity index (χ1n) is 21.8. The van der Waals surface area contributed by atoms with Crippen molar-refractivity contribution in [3.05, 3.63) is 48.6 Å².